The van der Waals surface area contributed by atoms with Crippen molar-refractivity contribution in [2.75, 3.05) is 24.7 Å². The van der Waals surface area contributed by atoms with E-state index in [0.717, 1.165) is 28.8 Å². The van der Waals surface area contributed by atoms with E-state index in [9.17, 15) is 13.6 Å². The van der Waals surface area contributed by atoms with Gasteiger partial charge in [-0.25, -0.2) is 13.8 Å². The van der Waals surface area contributed by atoms with Gasteiger partial charge in [-0.3, -0.25) is 14.4 Å². The monoisotopic (exact) mass is 486 g/mol. The number of carbonyl (C=O) groups is 1. The second-order valence-electron chi connectivity index (χ2n) is 7.62. The lowest BCUT2D eigenvalue weighted by Gasteiger charge is -2.20. The van der Waals surface area contributed by atoms with Crippen molar-refractivity contribution in [3.63, 3.8) is 0 Å². The van der Waals surface area contributed by atoms with Gasteiger partial charge in [0, 0.05) is 18.3 Å². The molecular weight excluding hydrogens is 462 g/mol. The molecule has 0 atom stereocenters. The third-order valence-corrected chi connectivity index (χ3v) is 6.10. The fourth-order valence-corrected chi connectivity index (χ4v) is 4.55. The molecule has 0 unspecified atom stereocenters. The Labute approximate surface area is 199 Å². The van der Waals surface area contributed by atoms with Gasteiger partial charge < -0.3 is 9.47 Å². The van der Waals surface area contributed by atoms with Crippen LogP contribution in [0.15, 0.2) is 42.5 Å². The summed E-state index contributed by atoms with van der Waals surface area (Å²) in [6, 6.07) is 10.9. The molecule has 4 rings (SSSR count). The second-order valence-corrected chi connectivity index (χ2v) is 8.63. The molecule has 0 aliphatic rings. The largest absolute Gasteiger partial charge is 0.494 e. The van der Waals surface area contributed by atoms with Crippen LogP contribution in [0.3, 0.4) is 0 Å². The molecule has 34 heavy (non-hydrogen) atoms. The minimum atomic E-state index is -0.769. The van der Waals surface area contributed by atoms with Gasteiger partial charge in [0.1, 0.15) is 22.8 Å². The first kappa shape index (κ1) is 23.6. The van der Waals surface area contributed by atoms with Gasteiger partial charge in [-0.2, -0.15) is 5.10 Å². The summed E-state index contributed by atoms with van der Waals surface area (Å²) < 4.78 is 41.1. The lowest BCUT2D eigenvalue weighted by atomic mass is 10.3. The quantitative estimate of drug-likeness (QED) is 0.337. The van der Waals surface area contributed by atoms with Crippen LogP contribution in [0.5, 0.6) is 11.5 Å². The van der Waals surface area contributed by atoms with Crippen LogP contribution in [0.4, 0.5) is 13.9 Å². The molecule has 0 aliphatic carbocycles. The summed E-state index contributed by atoms with van der Waals surface area (Å²) in [6.45, 7) is 6.65. The van der Waals surface area contributed by atoms with E-state index in [1.165, 1.54) is 11.0 Å². The lowest BCUT2D eigenvalue weighted by molar-refractivity contribution is -0.120. The SMILES string of the molecule is CCOc1ccc(OCC(=O)N(CCn2nc(C)cc2C)c2nc3c(F)cc(F)cc3s2)cc1. The molecule has 0 bridgehead atoms. The van der Waals surface area contributed by atoms with Crippen LogP contribution in [0.1, 0.15) is 18.3 Å². The molecule has 2 heterocycles. The Morgan fingerprint density at radius 1 is 1.09 bits per heavy atom. The number of ether oxygens (including phenoxy) is 2. The molecule has 2 aromatic heterocycles. The van der Waals surface area contributed by atoms with Crippen molar-refractivity contribution in [1.29, 1.82) is 0 Å². The molecule has 4 aromatic rings. The Kier molecular flexibility index (Phi) is 7.06. The first-order chi connectivity index (χ1) is 16.3. The van der Waals surface area contributed by atoms with Crippen molar-refractivity contribution < 1.29 is 23.0 Å². The zero-order valence-corrected chi connectivity index (χ0v) is 19.9. The molecule has 0 spiro atoms. The van der Waals surface area contributed by atoms with Crippen molar-refractivity contribution >= 4 is 32.6 Å². The minimum absolute atomic E-state index is 0.0257. The smallest absolute Gasteiger partial charge is 0.266 e. The lowest BCUT2D eigenvalue weighted by Crippen LogP contribution is -2.37. The molecule has 0 fully saturated rings. The summed E-state index contributed by atoms with van der Waals surface area (Å²) in [5.41, 5.74) is 1.84. The highest BCUT2D eigenvalue weighted by Crippen LogP contribution is 2.31. The number of benzene rings is 2. The molecule has 7 nitrogen and oxygen atoms in total. The number of hydrogen-bond acceptors (Lipinski definition) is 6. The third-order valence-electron chi connectivity index (χ3n) is 5.07. The molecule has 10 heteroatoms. The normalized spacial score (nSPS) is 11.1. The number of amides is 1. The maximum absolute atomic E-state index is 14.2. The van der Waals surface area contributed by atoms with Crippen molar-refractivity contribution in [3.05, 3.63) is 65.5 Å². The van der Waals surface area contributed by atoms with Crippen LogP contribution in [-0.2, 0) is 11.3 Å². The first-order valence-electron chi connectivity index (χ1n) is 10.8. The van der Waals surface area contributed by atoms with Crippen molar-refractivity contribution in [1.82, 2.24) is 14.8 Å². The number of rotatable bonds is 9. The molecule has 0 saturated heterocycles. The Balaban J connectivity index is 1.55. The van der Waals surface area contributed by atoms with E-state index in [1.54, 1.807) is 28.9 Å². The van der Waals surface area contributed by atoms with Crippen molar-refractivity contribution in [2.24, 2.45) is 0 Å². The predicted molar refractivity (Wildman–Crippen MR) is 127 cm³/mol. The van der Waals surface area contributed by atoms with Crippen LogP contribution < -0.4 is 14.4 Å². The van der Waals surface area contributed by atoms with Gasteiger partial charge in [0.15, 0.2) is 17.6 Å². The molecule has 1 amide bonds. The van der Waals surface area contributed by atoms with Crippen LogP contribution in [0, 0.1) is 25.5 Å². The number of fused-ring (bicyclic) bond motifs is 1. The standard InChI is InChI=1S/C24H24F2N4O3S/c1-4-32-18-5-7-19(8-6-18)33-14-22(31)29(9-10-30-16(3)11-15(2)28-30)24-27-23-20(26)12-17(25)13-21(23)34-24/h5-8,11-13H,4,9-10,14H2,1-3H3. The highest BCUT2D eigenvalue weighted by atomic mass is 32.1. The van der Waals surface area contributed by atoms with Crippen LogP contribution in [0.25, 0.3) is 10.2 Å². The Morgan fingerprint density at radius 2 is 1.79 bits per heavy atom. The van der Waals surface area contributed by atoms with E-state index < -0.39 is 11.6 Å². The summed E-state index contributed by atoms with van der Waals surface area (Å²) in [4.78, 5) is 18.9. The van der Waals surface area contributed by atoms with Crippen LogP contribution in [0.2, 0.25) is 0 Å². The van der Waals surface area contributed by atoms with Crippen LogP contribution in [-0.4, -0.2) is 40.4 Å². The van der Waals surface area contributed by atoms with Gasteiger partial charge in [-0.05, 0) is 57.2 Å². The number of thiazole rings is 1. The number of halogens is 2. The van der Waals surface area contributed by atoms with Gasteiger partial charge >= 0.3 is 0 Å². The maximum atomic E-state index is 14.2. The number of anilines is 1. The fraction of sp³-hybridized carbons (Fsp3) is 0.292. The zero-order chi connectivity index (χ0) is 24.2. The van der Waals surface area contributed by atoms with Gasteiger partial charge in [-0.15, -0.1) is 0 Å². The topological polar surface area (TPSA) is 69.5 Å². The predicted octanol–water partition coefficient (Wildman–Crippen LogP) is 4.90. The highest BCUT2D eigenvalue weighted by molar-refractivity contribution is 7.22. The molecule has 178 valence electrons. The summed E-state index contributed by atoms with van der Waals surface area (Å²) in [5.74, 6) is -0.617. The van der Waals surface area contributed by atoms with E-state index in [-0.39, 0.29) is 29.7 Å². The van der Waals surface area contributed by atoms with Gasteiger partial charge in [0.05, 0.1) is 23.5 Å². The van der Waals surface area contributed by atoms with E-state index in [1.807, 2.05) is 26.8 Å². The van der Waals surface area contributed by atoms with Gasteiger partial charge in [0.25, 0.3) is 5.91 Å². The average molecular weight is 487 g/mol. The summed E-state index contributed by atoms with van der Waals surface area (Å²) in [5, 5.41) is 4.69. The third kappa shape index (κ3) is 5.33. The number of hydrogen-bond donors (Lipinski definition) is 0. The Hall–Kier alpha value is -3.53. The Bertz CT molecular complexity index is 1300. The fourth-order valence-electron chi connectivity index (χ4n) is 3.51. The second kappa shape index (κ2) is 10.2. The molecule has 0 radical (unpaired) electrons. The van der Waals surface area contributed by atoms with Gasteiger partial charge in [-0.1, -0.05) is 11.3 Å². The van der Waals surface area contributed by atoms with E-state index in [0.29, 0.717) is 29.4 Å². The minimum Gasteiger partial charge on any atom is -0.494 e. The Morgan fingerprint density at radius 3 is 2.44 bits per heavy atom. The number of aryl methyl sites for hydroxylation is 2. The summed E-state index contributed by atoms with van der Waals surface area (Å²) >= 11 is 1.05. The maximum Gasteiger partial charge on any atom is 0.266 e. The van der Waals surface area contributed by atoms with Gasteiger partial charge in [0.2, 0.25) is 0 Å². The molecule has 0 aliphatic heterocycles. The van der Waals surface area contributed by atoms with E-state index in [4.69, 9.17) is 9.47 Å². The van der Waals surface area contributed by atoms with Crippen LogP contribution >= 0.6 is 11.3 Å². The van der Waals surface area contributed by atoms with E-state index in [2.05, 4.69) is 10.1 Å². The number of aromatic nitrogens is 3. The van der Waals surface area contributed by atoms with E-state index >= 15 is 0 Å². The van der Waals surface area contributed by atoms with Crippen molar-refractivity contribution in [2.45, 2.75) is 27.3 Å². The molecular formula is C24H24F2N4O3S. The highest BCUT2D eigenvalue weighted by Gasteiger charge is 2.22. The molecule has 2 aromatic carbocycles. The molecule has 0 saturated carbocycles. The summed E-state index contributed by atoms with van der Waals surface area (Å²) in [7, 11) is 0. The summed E-state index contributed by atoms with van der Waals surface area (Å²) in [6.07, 6.45) is 0. The molecule has 0 N–H and O–H groups in total. The van der Waals surface area contributed by atoms with Crippen molar-refractivity contribution in [3.8, 4) is 11.5 Å². The zero-order valence-electron chi connectivity index (χ0n) is 19.0. The number of carbonyl (C=O) groups excluding carboxylic acids is 1. The number of nitrogens with zero attached hydrogens (tertiary/aromatic N) is 4. The average Bonchev–Trinajstić information content (AvgIpc) is 3.36. The first-order valence-corrected chi connectivity index (χ1v) is 11.6.